The van der Waals surface area contributed by atoms with Crippen molar-refractivity contribution in [2.75, 3.05) is 0 Å². The van der Waals surface area contributed by atoms with E-state index in [9.17, 15) is 0 Å². The van der Waals surface area contributed by atoms with Crippen LogP contribution in [0.2, 0.25) is 0 Å². The molecule has 4 aromatic heterocycles. The van der Waals surface area contributed by atoms with Crippen molar-refractivity contribution in [1.29, 1.82) is 0 Å². The summed E-state index contributed by atoms with van der Waals surface area (Å²) in [6.07, 6.45) is 7.39. The molecule has 0 spiro atoms. The molecule has 0 saturated carbocycles. The second-order valence-electron chi connectivity index (χ2n) is 8.37. The maximum Gasteiger partial charge on any atom is 0.0970 e. The number of aromatic nitrogens is 4. The Hall–Kier alpha value is -4.70. The Kier molecular flexibility index (Phi) is 4.11. The van der Waals surface area contributed by atoms with Crippen LogP contribution in [0.25, 0.3) is 65.9 Å². The van der Waals surface area contributed by atoms with Gasteiger partial charge in [0.15, 0.2) is 0 Å². The average Bonchev–Trinajstić information content (AvgIpc) is 2.92. The van der Waals surface area contributed by atoms with E-state index in [0.29, 0.717) is 0 Å². The molecule has 4 heteroatoms. The fourth-order valence-electron chi connectivity index (χ4n) is 4.87. The first-order chi connectivity index (χ1) is 16.9. The summed E-state index contributed by atoms with van der Waals surface area (Å²) in [6, 6.07) is 29.4. The van der Waals surface area contributed by atoms with E-state index in [4.69, 9.17) is 0 Å². The average molecular weight is 435 g/mol. The van der Waals surface area contributed by atoms with Crippen molar-refractivity contribution in [3.8, 4) is 22.3 Å². The topological polar surface area (TPSA) is 51.6 Å². The summed E-state index contributed by atoms with van der Waals surface area (Å²) < 4.78 is 0. The van der Waals surface area contributed by atoms with Gasteiger partial charge in [-0.15, -0.1) is 0 Å². The first kappa shape index (κ1) is 18.8. The van der Waals surface area contributed by atoms with E-state index in [2.05, 4.69) is 92.7 Å². The molecule has 0 aliphatic carbocycles. The molecule has 7 rings (SSSR count). The number of hydrogen-bond acceptors (Lipinski definition) is 4. The Morgan fingerprint density at radius 2 is 0.882 bits per heavy atom. The molecule has 7 aromatic rings. The van der Waals surface area contributed by atoms with Crippen LogP contribution in [0.5, 0.6) is 0 Å². The molecule has 0 aliphatic rings. The maximum atomic E-state index is 4.67. The highest BCUT2D eigenvalue weighted by atomic mass is 14.7. The van der Waals surface area contributed by atoms with Gasteiger partial charge >= 0.3 is 0 Å². The van der Waals surface area contributed by atoms with E-state index in [0.717, 1.165) is 65.9 Å². The number of nitrogens with zero attached hydrogens (tertiary/aromatic N) is 4. The van der Waals surface area contributed by atoms with Gasteiger partial charge in [0, 0.05) is 46.3 Å². The number of hydrogen-bond donors (Lipinski definition) is 0. The molecule has 0 radical (unpaired) electrons. The summed E-state index contributed by atoms with van der Waals surface area (Å²) in [7, 11) is 0. The lowest BCUT2D eigenvalue weighted by molar-refractivity contribution is 1.37. The molecule has 0 amide bonds. The van der Waals surface area contributed by atoms with E-state index in [-0.39, 0.29) is 0 Å². The molecule has 0 aliphatic heterocycles. The van der Waals surface area contributed by atoms with Crippen molar-refractivity contribution in [1.82, 2.24) is 19.9 Å². The van der Waals surface area contributed by atoms with Crippen LogP contribution in [0.4, 0.5) is 0 Å². The number of fused-ring (bicyclic) bond motifs is 6. The lowest BCUT2D eigenvalue weighted by atomic mass is 9.94. The molecule has 3 aromatic carbocycles. The summed E-state index contributed by atoms with van der Waals surface area (Å²) in [4.78, 5) is 18.5. The monoisotopic (exact) mass is 434 g/mol. The van der Waals surface area contributed by atoms with Crippen LogP contribution in [-0.4, -0.2) is 19.9 Å². The Bertz CT molecular complexity index is 1740. The number of pyridine rings is 4. The summed E-state index contributed by atoms with van der Waals surface area (Å²) in [5, 5.41) is 4.39. The SMILES string of the molecule is c1cc(-c2ccnc3c2ccc2cccnc23)cc(-c2ccnc3c2ccc2cccnc23)c1. The fourth-order valence-corrected chi connectivity index (χ4v) is 4.87. The minimum atomic E-state index is 0.924. The summed E-state index contributed by atoms with van der Waals surface area (Å²) in [5.41, 5.74) is 8.28. The zero-order valence-electron chi connectivity index (χ0n) is 18.2. The smallest absolute Gasteiger partial charge is 0.0970 e. The van der Waals surface area contributed by atoms with Crippen molar-refractivity contribution < 1.29 is 0 Å². The highest BCUT2D eigenvalue weighted by molar-refractivity contribution is 6.10. The molecule has 34 heavy (non-hydrogen) atoms. The van der Waals surface area contributed by atoms with E-state index >= 15 is 0 Å². The second-order valence-corrected chi connectivity index (χ2v) is 8.37. The lowest BCUT2D eigenvalue weighted by Crippen LogP contribution is -1.90. The van der Waals surface area contributed by atoms with Gasteiger partial charge in [0.05, 0.1) is 22.1 Å². The quantitative estimate of drug-likeness (QED) is 0.270. The van der Waals surface area contributed by atoms with Crippen LogP contribution >= 0.6 is 0 Å². The molecular formula is C30H18N4. The van der Waals surface area contributed by atoms with Crippen LogP contribution < -0.4 is 0 Å². The van der Waals surface area contributed by atoms with Crippen LogP contribution in [0.15, 0.2) is 110 Å². The highest BCUT2D eigenvalue weighted by Gasteiger charge is 2.12. The minimum absolute atomic E-state index is 0.924. The zero-order chi connectivity index (χ0) is 22.5. The maximum absolute atomic E-state index is 4.67. The number of rotatable bonds is 2. The van der Waals surface area contributed by atoms with E-state index in [1.807, 2.05) is 36.9 Å². The molecule has 0 atom stereocenters. The van der Waals surface area contributed by atoms with E-state index < -0.39 is 0 Å². The molecule has 4 nitrogen and oxygen atoms in total. The van der Waals surface area contributed by atoms with Gasteiger partial charge in [-0.3, -0.25) is 19.9 Å². The van der Waals surface area contributed by atoms with Crippen LogP contribution in [0.3, 0.4) is 0 Å². The summed E-state index contributed by atoms with van der Waals surface area (Å²) >= 11 is 0. The van der Waals surface area contributed by atoms with Gasteiger partial charge in [0.1, 0.15) is 0 Å². The molecule has 0 fully saturated rings. The second kappa shape index (κ2) is 7.42. The van der Waals surface area contributed by atoms with Gasteiger partial charge in [-0.25, -0.2) is 0 Å². The molecule has 0 saturated heterocycles. The lowest BCUT2D eigenvalue weighted by Gasteiger charge is -2.12. The normalized spacial score (nSPS) is 11.5. The van der Waals surface area contributed by atoms with Gasteiger partial charge in [-0.05, 0) is 52.6 Å². The van der Waals surface area contributed by atoms with E-state index in [1.54, 1.807) is 0 Å². The van der Waals surface area contributed by atoms with Crippen molar-refractivity contribution in [2.24, 2.45) is 0 Å². The standard InChI is InChI=1S/C30H18N4/c1-4-21(23-12-16-33-29-25(23)10-8-19-6-2-14-31-27(19)29)18-22(5-1)24-13-17-34-30-26(24)11-9-20-7-3-15-32-28(20)30/h1-18H. The Morgan fingerprint density at radius 1 is 0.382 bits per heavy atom. The van der Waals surface area contributed by atoms with Gasteiger partial charge in [-0.1, -0.05) is 54.6 Å². The molecule has 4 heterocycles. The van der Waals surface area contributed by atoms with Crippen LogP contribution in [0.1, 0.15) is 0 Å². The molecule has 0 unspecified atom stereocenters. The van der Waals surface area contributed by atoms with Gasteiger partial charge in [0.2, 0.25) is 0 Å². The first-order valence-electron chi connectivity index (χ1n) is 11.2. The third-order valence-electron chi connectivity index (χ3n) is 6.45. The van der Waals surface area contributed by atoms with Crippen molar-refractivity contribution in [2.45, 2.75) is 0 Å². The summed E-state index contributed by atoms with van der Waals surface area (Å²) in [6.45, 7) is 0. The van der Waals surface area contributed by atoms with Crippen molar-refractivity contribution in [3.05, 3.63) is 110 Å². The minimum Gasteiger partial charge on any atom is -0.254 e. The Morgan fingerprint density at radius 3 is 1.41 bits per heavy atom. The van der Waals surface area contributed by atoms with Gasteiger partial charge < -0.3 is 0 Å². The molecule has 0 N–H and O–H groups in total. The van der Waals surface area contributed by atoms with Gasteiger partial charge in [-0.2, -0.15) is 0 Å². The van der Waals surface area contributed by atoms with Crippen LogP contribution in [0, 0.1) is 0 Å². The first-order valence-corrected chi connectivity index (χ1v) is 11.2. The molecule has 0 bridgehead atoms. The van der Waals surface area contributed by atoms with E-state index in [1.165, 1.54) is 0 Å². The Labute approximate surface area is 195 Å². The molecular weight excluding hydrogens is 416 g/mol. The van der Waals surface area contributed by atoms with Crippen LogP contribution in [-0.2, 0) is 0 Å². The third kappa shape index (κ3) is 2.86. The Balaban J connectivity index is 1.44. The largest absolute Gasteiger partial charge is 0.254 e. The van der Waals surface area contributed by atoms with Crippen molar-refractivity contribution >= 4 is 43.6 Å². The van der Waals surface area contributed by atoms with Gasteiger partial charge in [0.25, 0.3) is 0 Å². The fraction of sp³-hybridized carbons (Fsp3) is 0. The molecule has 158 valence electrons. The predicted molar refractivity (Wildman–Crippen MR) is 139 cm³/mol. The highest BCUT2D eigenvalue weighted by Crippen LogP contribution is 2.35. The van der Waals surface area contributed by atoms with Crippen molar-refractivity contribution in [3.63, 3.8) is 0 Å². The predicted octanol–water partition coefficient (Wildman–Crippen LogP) is 7.21. The summed E-state index contributed by atoms with van der Waals surface area (Å²) in [5.74, 6) is 0. The zero-order valence-corrected chi connectivity index (χ0v) is 18.2. The third-order valence-corrected chi connectivity index (χ3v) is 6.45. The number of benzene rings is 3.